The van der Waals surface area contributed by atoms with E-state index in [1.54, 1.807) is 14.2 Å². The summed E-state index contributed by atoms with van der Waals surface area (Å²) in [6, 6.07) is 24.2. The highest BCUT2D eigenvalue weighted by Gasteiger charge is 2.34. The molecule has 0 aliphatic carbocycles. The maximum Gasteiger partial charge on any atom is 0.272 e. The van der Waals surface area contributed by atoms with Crippen LogP contribution in [0.1, 0.15) is 40.6 Å². The first-order valence-corrected chi connectivity index (χ1v) is 10.2. The van der Waals surface area contributed by atoms with Crippen LogP contribution in [0.25, 0.3) is 10.8 Å². The van der Waals surface area contributed by atoms with Crippen LogP contribution >= 0.6 is 0 Å². The molecule has 2 unspecified atom stereocenters. The molecule has 5 rings (SSSR count). The number of hydrogen-bond donors (Lipinski definition) is 2. The summed E-state index contributed by atoms with van der Waals surface area (Å²) in [4.78, 5) is 12.4. The van der Waals surface area contributed by atoms with Crippen molar-refractivity contribution in [3.05, 3.63) is 106 Å². The fourth-order valence-electron chi connectivity index (χ4n) is 4.51. The molecule has 1 aliphatic rings. The lowest BCUT2D eigenvalue weighted by Crippen LogP contribution is -2.28. The van der Waals surface area contributed by atoms with E-state index >= 15 is 0 Å². The van der Waals surface area contributed by atoms with Crippen LogP contribution in [0.5, 0.6) is 0 Å². The fourth-order valence-corrected chi connectivity index (χ4v) is 4.51. The van der Waals surface area contributed by atoms with Crippen molar-refractivity contribution in [2.45, 2.75) is 18.2 Å². The molecule has 0 saturated carbocycles. The number of nitrogens with one attached hydrogen (secondary N) is 2. The molecule has 4 aromatic rings. The van der Waals surface area contributed by atoms with E-state index in [0.29, 0.717) is 5.39 Å². The third-order valence-corrected chi connectivity index (χ3v) is 5.94. The van der Waals surface area contributed by atoms with E-state index in [1.807, 2.05) is 48.5 Å². The number of benzene rings is 3. The normalized spacial score (nSPS) is 17.6. The monoisotopic (exact) mass is 413 g/mol. The van der Waals surface area contributed by atoms with Gasteiger partial charge in [-0.25, -0.2) is 5.10 Å². The van der Waals surface area contributed by atoms with E-state index in [9.17, 15) is 4.79 Å². The van der Waals surface area contributed by atoms with Gasteiger partial charge < -0.3 is 14.8 Å². The zero-order valence-electron chi connectivity index (χ0n) is 17.3. The highest BCUT2D eigenvalue weighted by atomic mass is 16.7. The molecule has 3 aromatic carbocycles. The van der Waals surface area contributed by atoms with Crippen LogP contribution in [0, 0.1) is 0 Å². The molecule has 6 nitrogen and oxygen atoms in total. The predicted octanol–water partition coefficient (Wildman–Crippen LogP) is 4.51. The first kappa shape index (κ1) is 19.5. The van der Waals surface area contributed by atoms with Crippen molar-refractivity contribution in [2.75, 3.05) is 19.5 Å². The summed E-state index contributed by atoms with van der Waals surface area (Å²) in [5, 5.41) is 12.4. The Bertz CT molecular complexity index is 1260. The fraction of sp³-hybridized carbons (Fsp3) is 0.200. The summed E-state index contributed by atoms with van der Waals surface area (Å²) < 4.78 is 10.8. The molecule has 6 heteroatoms. The topological polar surface area (TPSA) is 76.2 Å². The van der Waals surface area contributed by atoms with Crippen molar-refractivity contribution in [3.63, 3.8) is 0 Å². The number of hydrogen-bond acceptors (Lipinski definition) is 5. The van der Waals surface area contributed by atoms with E-state index in [2.05, 4.69) is 39.8 Å². The number of ether oxygens (including phenoxy) is 2. The highest BCUT2D eigenvalue weighted by molar-refractivity contribution is 5.97. The molecule has 0 spiro atoms. The minimum Gasteiger partial charge on any atom is -0.377 e. The average Bonchev–Trinajstić information content (AvgIpc) is 2.83. The van der Waals surface area contributed by atoms with Gasteiger partial charge in [-0.05, 0) is 23.3 Å². The minimum absolute atomic E-state index is 0.0588. The molecule has 156 valence electrons. The van der Waals surface area contributed by atoms with Gasteiger partial charge in [0.15, 0.2) is 6.29 Å². The van der Waals surface area contributed by atoms with Crippen LogP contribution in [0.4, 0.5) is 5.69 Å². The molecule has 0 bridgehead atoms. The van der Waals surface area contributed by atoms with E-state index in [1.165, 1.54) is 0 Å². The molecular formula is C25H23N3O3. The maximum atomic E-state index is 12.4. The van der Waals surface area contributed by atoms with Gasteiger partial charge in [-0.3, -0.25) is 4.79 Å². The SMILES string of the molecule is COC(OC)c1ccc(C2Nc3cccc4c(=O)[nH]nc(c34)C2c2ccccc2)cc1. The van der Waals surface area contributed by atoms with E-state index < -0.39 is 6.29 Å². The van der Waals surface area contributed by atoms with Crippen LogP contribution in [0.15, 0.2) is 77.6 Å². The lowest BCUT2D eigenvalue weighted by atomic mass is 9.80. The first-order chi connectivity index (χ1) is 15.2. The minimum atomic E-state index is -0.403. The molecule has 2 atom stereocenters. The van der Waals surface area contributed by atoms with Gasteiger partial charge in [0, 0.05) is 30.9 Å². The van der Waals surface area contributed by atoms with Crippen molar-refractivity contribution in [2.24, 2.45) is 0 Å². The number of rotatable bonds is 5. The number of methoxy groups -OCH3 is 2. The van der Waals surface area contributed by atoms with Gasteiger partial charge in [-0.15, -0.1) is 0 Å². The molecule has 31 heavy (non-hydrogen) atoms. The zero-order chi connectivity index (χ0) is 21.4. The molecule has 1 aromatic heterocycles. The number of H-pyrrole nitrogens is 1. The predicted molar refractivity (Wildman–Crippen MR) is 120 cm³/mol. The van der Waals surface area contributed by atoms with E-state index in [-0.39, 0.29) is 17.5 Å². The second-order valence-corrected chi connectivity index (χ2v) is 7.65. The molecule has 2 N–H and O–H groups in total. The summed E-state index contributed by atoms with van der Waals surface area (Å²) in [5.74, 6) is -0.0676. The summed E-state index contributed by atoms with van der Waals surface area (Å²) in [5.41, 5.74) is 4.80. The lowest BCUT2D eigenvalue weighted by molar-refractivity contribution is -0.106. The molecule has 0 saturated heterocycles. The molecule has 1 aliphatic heterocycles. The van der Waals surface area contributed by atoms with Gasteiger partial charge in [0.25, 0.3) is 5.56 Å². The molecule has 0 radical (unpaired) electrons. The van der Waals surface area contributed by atoms with Gasteiger partial charge in [0.2, 0.25) is 0 Å². The standard InChI is InChI=1S/C25H23N3O3/c1-30-25(31-2)17-13-11-16(12-14-17)22-20(15-7-4-3-5-8-15)23-21-18(24(29)28-27-23)9-6-10-19(21)26-22/h3-14,20,22,25-26H,1-2H3,(H,28,29). The second-order valence-electron chi connectivity index (χ2n) is 7.65. The Hall–Kier alpha value is -3.48. The Morgan fingerprint density at radius 3 is 2.32 bits per heavy atom. The molecule has 0 fully saturated rings. The number of aromatic nitrogens is 2. The lowest BCUT2D eigenvalue weighted by Gasteiger charge is -2.35. The molecular weight excluding hydrogens is 390 g/mol. The van der Waals surface area contributed by atoms with Gasteiger partial charge in [0.1, 0.15) is 0 Å². The third-order valence-electron chi connectivity index (χ3n) is 5.94. The Morgan fingerprint density at radius 2 is 1.61 bits per heavy atom. The largest absolute Gasteiger partial charge is 0.377 e. The second kappa shape index (κ2) is 7.98. The third kappa shape index (κ3) is 3.30. The quantitative estimate of drug-likeness (QED) is 0.471. The van der Waals surface area contributed by atoms with Crippen molar-refractivity contribution >= 4 is 16.5 Å². The van der Waals surface area contributed by atoms with Crippen LogP contribution in [-0.2, 0) is 9.47 Å². The maximum absolute atomic E-state index is 12.4. The van der Waals surface area contributed by atoms with Gasteiger partial charge in [-0.1, -0.05) is 60.7 Å². The average molecular weight is 413 g/mol. The smallest absolute Gasteiger partial charge is 0.272 e. The van der Waals surface area contributed by atoms with Crippen molar-refractivity contribution < 1.29 is 9.47 Å². The van der Waals surface area contributed by atoms with Crippen molar-refractivity contribution in [1.29, 1.82) is 0 Å². The summed E-state index contributed by atoms with van der Waals surface area (Å²) in [6.45, 7) is 0. The Morgan fingerprint density at radius 1 is 0.871 bits per heavy atom. The Kier molecular flexibility index (Phi) is 5.02. The molecule has 2 heterocycles. The Balaban J connectivity index is 1.67. The summed E-state index contributed by atoms with van der Waals surface area (Å²) in [7, 11) is 3.25. The molecule has 0 amide bonds. The van der Waals surface area contributed by atoms with Crippen LogP contribution < -0.4 is 10.9 Å². The zero-order valence-corrected chi connectivity index (χ0v) is 17.3. The number of anilines is 1. The van der Waals surface area contributed by atoms with Crippen molar-refractivity contribution in [1.82, 2.24) is 10.2 Å². The van der Waals surface area contributed by atoms with Gasteiger partial charge in [0.05, 0.1) is 23.0 Å². The highest BCUT2D eigenvalue weighted by Crippen LogP contribution is 2.46. The first-order valence-electron chi connectivity index (χ1n) is 10.2. The van der Waals surface area contributed by atoms with Gasteiger partial charge >= 0.3 is 0 Å². The summed E-state index contributed by atoms with van der Waals surface area (Å²) in [6.07, 6.45) is -0.403. The summed E-state index contributed by atoms with van der Waals surface area (Å²) >= 11 is 0. The van der Waals surface area contributed by atoms with Gasteiger partial charge in [-0.2, -0.15) is 5.10 Å². The van der Waals surface area contributed by atoms with Crippen LogP contribution in [0.3, 0.4) is 0 Å². The van der Waals surface area contributed by atoms with Crippen LogP contribution in [-0.4, -0.2) is 24.4 Å². The van der Waals surface area contributed by atoms with E-state index in [0.717, 1.165) is 33.5 Å². The Labute approximate surface area is 179 Å². The number of aromatic amines is 1. The number of nitrogens with zero attached hydrogens (tertiary/aromatic N) is 1. The van der Waals surface area contributed by atoms with E-state index in [4.69, 9.17) is 9.47 Å². The van der Waals surface area contributed by atoms with Crippen LogP contribution in [0.2, 0.25) is 0 Å². The van der Waals surface area contributed by atoms with Crippen molar-refractivity contribution in [3.8, 4) is 0 Å².